The minimum absolute atomic E-state index is 0.869. The summed E-state index contributed by atoms with van der Waals surface area (Å²) in [5.74, 6) is 0. The Labute approximate surface area is 310 Å². The average Bonchev–Trinajstić information content (AvgIpc) is 3.81. The molecule has 0 aliphatic heterocycles. The molecule has 0 bridgehead atoms. The number of furan rings is 2. The second-order valence-electron chi connectivity index (χ2n) is 14.4. The van der Waals surface area contributed by atoms with Crippen LogP contribution in [0.5, 0.6) is 0 Å². The fourth-order valence-corrected chi connectivity index (χ4v) is 8.98. The zero-order valence-corrected chi connectivity index (χ0v) is 29.1. The highest BCUT2D eigenvalue weighted by molar-refractivity contribution is 6.28. The van der Waals surface area contributed by atoms with E-state index in [-0.39, 0.29) is 0 Å². The van der Waals surface area contributed by atoms with Crippen LogP contribution in [-0.2, 0) is 0 Å². The molecule has 2 nitrogen and oxygen atoms in total. The van der Waals surface area contributed by atoms with Crippen molar-refractivity contribution in [2.75, 3.05) is 0 Å². The molecule has 12 rings (SSSR count). The maximum atomic E-state index is 6.55. The molecule has 0 unspecified atom stereocenters. The molecule has 0 atom stereocenters. The van der Waals surface area contributed by atoms with E-state index in [1.165, 1.54) is 60.0 Å². The maximum Gasteiger partial charge on any atom is 0.143 e. The summed E-state index contributed by atoms with van der Waals surface area (Å²) < 4.78 is 13.0. The van der Waals surface area contributed by atoms with Crippen LogP contribution in [0.4, 0.5) is 0 Å². The van der Waals surface area contributed by atoms with Gasteiger partial charge in [-0.3, -0.25) is 0 Å². The minimum Gasteiger partial charge on any atom is -0.456 e. The van der Waals surface area contributed by atoms with Crippen molar-refractivity contribution in [3.63, 3.8) is 0 Å². The highest BCUT2D eigenvalue weighted by Gasteiger charge is 2.19. The van der Waals surface area contributed by atoms with Crippen LogP contribution in [0.2, 0.25) is 0 Å². The highest BCUT2D eigenvalue weighted by atomic mass is 16.3. The van der Waals surface area contributed by atoms with Crippen LogP contribution in [0.25, 0.3) is 120 Å². The lowest BCUT2D eigenvalue weighted by molar-refractivity contribution is 0.664. The molecule has 12 aromatic rings. The van der Waals surface area contributed by atoms with Crippen molar-refractivity contribution in [2.45, 2.75) is 0 Å². The number of rotatable bonds is 3. The standard InChI is InChI=1S/C52H30O2/c1-2-11-32(12-3-1)48-39-14-6-8-16-41(39)49(42-17-9-7-15-40(42)48)37-21-20-33-28-34(18-19-35(33)29-37)36-23-24-43-47(30-36)53-45-26-27-46-51(50(43)45)44-25-22-31-10-4-5-13-38(31)52(44)54-46/h1-30H. The lowest BCUT2D eigenvalue weighted by Gasteiger charge is -2.18. The SMILES string of the molecule is c1ccc(-c2c3ccccc3c(-c3ccc4cc(-c5ccc6c(c5)oc5ccc7oc8c9ccccc9ccc8c7c56)ccc4c3)c3ccccc23)cc1. The number of benzene rings is 10. The Morgan fingerprint density at radius 3 is 1.48 bits per heavy atom. The highest BCUT2D eigenvalue weighted by Crippen LogP contribution is 2.45. The van der Waals surface area contributed by atoms with Crippen LogP contribution < -0.4 is 0 Å². The van der Waals surface area contributed by atoms with Gasteiger partial charge in [-0.15, -0.1) is 0 Å². The molecule has 54 heavy (non-hydrogen) atoms. The Bertz CT molecular complexity index is 3430. The normalized spacial score (nSPS) is 12.1. The van der Waals surface area contributed by atoms with E-state index < -0.39 is 0 Å². The van der Waals surface area contributed by atoms with E-state index in [1.807, 2.05) is 12.1 Å². The Hall–Kier alpha value is -7.16. The Kier molecular flexibility index (Phi) is 6.09. The van der Waals surface area contributed by atoms with Crippen LogP contribution in [0, 0.1) is 0 Å². The van der Waals surface area contributed by atoms with Crippen LogP contribution in [0.1, 0.15) is 0 Å². The zero-order chi connectivity index (χ0) is 35.3. The molecule has 0 N–H and O–H groups in total. The van der Waals surface area contributed by atoms with Gasteiger partial charge in [0.15, 0.2) is 0 Å². The van der Waals surface area contributed by atoms with Gasteiger partial charge in [-0.25, -0.2) is 0 Å². The lowest BCUT2D eigenvalue weighted by Crippen LogP contribution is -1.90. The third kappa shape index (κ3) is 4.22. The van der Waals surface area contributed by atoms with Crippen molar-refractivity contribution in [2.24, 2.45) is 0 Å². The van der Waals surface area contributed by atoms with Crippen LogP contribution >= 0.6 is 0 Å². The molecule has 250 valence electrons. The Morgan fingerprint density at radius 2 is 0.759 bits per heavy atom. The fraction of sp³-hybridized carbons (Fsp3) is 0. The zero-order valence-electron chi connectivity index (χ0n) is 29.1. The quantitative estimate of drug-likeness (QED) is 0.173. The van der Waals surface area contributed by atoms with E-state index in [0.717, 1.165) is 60.4 Å². The van der Waals surface area contributed by atoms with Crippen LogP contribution in [-0.4, -0.2) is 0 Å². The second-order valence-corrected chi connectivity index (χ2v) is 14.4. The van der Waals surface area contributed by atoms with E-state index >= 15 is 0 Å². The van der Waals surface area contributed by atoms with Gasteiger partial charge in [0.1, 0.15) is 22.3 Å². The van der Waals surface area contributed by atoms with Crippen molar-refractivity contribution in [3.8, 4) is 33.4 Å². The molecule has 2 heteroatoms. The molecule has 0 saturated heterocycles. The van der Waals surface area contributed by atoms with Gasteiger partial charge in [0, 0.05) is 26.9 Å². The largest absolute Gasteiger partial charge is 0.456 e. The molecular formula is C52H30O2. The monoisotopic (exact) mass is 686 g/mol. The van der Waals surface area contributed by atoms with Crippen molar-refractivity contribution in [1.29, 1.82) is 0 Å². The first-order valence-electron chi connectivity index (χ1n) is 18.5. The molecule has 0 radical (unpaired) electrons. The van der Waals surface area contributed by atoms with Gasteiger partial charge < -0.3 is 8.83 Å². The summed E-state index contributed by atoms with van der Waals surface area (Å²) >= 11 is 0. The van der Waals surface area contributed by atoms with E-state index in [2.05, 4.69) is 170 Å². The third-order valence-electron chi connectivity index (χ3n) is 11.4. The molecular weight excluding hydrogens is 657 g/mol. The van der Waals surface area contributed by atoms with Gasteiger partial charge in [-0.05, 0) is 114 Å². The minimum atomic E-state index is 0.869. The molecule has 0 fully saturated rings. The number of hydrogen-bond acceptors (Lipinski definition) is 2. The molecule has 0 saturated carbocycles. The summed E-state index contributed by atoms with van der Waals surface area (Å²) in [5.41, 5.74) is 10.8. The summed E-state index contributed by atoms with van der Waals surface area (Å²) in [5, 5.41) is 14.2. The van der Waals surface area contributed by atoms with Crippen molar-refractivity contribution < 1.29 is 8.83 Å². The molecule has 0 spiro atoms. The summed E-state index contributed by atoms with van der Waals surface area (Å²) in [4.78, 5) is 0. The van der Waals surface area contributed by atoms with Crippen LogP contribution in [0.3, 0.4) is 0 Å². The predicted molar refractivity (Wildman–Crippen MR) is 227 cm³/mol. The molecule has 0 aliphatic carbocycles. The number of fused-ring (bicyclic) bond motifs is 12. The lowest BCUT2D eigenvalue weighted by atomic mass is 9.85. The van der Waals surface area contributed by atoms with Crippen molar-refractivity contribution in [3.05, 3.63) is 182 Å². The van der Waals surface area contributed by atoms with Crippen molar-refractivity contribution in [1.82, 2.24) is 0 Å². The fourth-order valence-electron chi connectivity index (χ4n) is 8.98. The first-order valence-corrected chi connectivity index (χ1v) is 18.5. The van der Waals surface area contributed by atoms with E-state index in [1.54, 1.807) is 0 Å². The van der Waals surface area contributed by atoms with Gasteiger partial charge in [-0.1, -0.05) is 140 Å². The molecule has 2 heterocycles. The first kappa shape index (κ1) is 29.4. The van der Waals surface area contributed by atoms with Gasteiger partial charge >= 0.3 is 0 Å². The maximum absolute atomic E-state index is 6.55. The number of hydrogen-bond donors (Lipinski definition) is 0. The summed E-state index contributed by atoms with van der Waals surface area (Å²) in [6.45, 7) is 0. The van der Waals surface area contributed by atoms with E-state index in [9.17, 15) is 0 Å². The van der Waals surface area contributed by atoms with Crippen molar-refractivity contribution >= 4 is 87.0 Å². The Balaban J connectivity index is 0.982. The summed E-state index contributed by atoms with van der Waals surface area (Å²) in [6, 6.07) is 65.6. The van der Waals surface area contributed by atoms with E-state index in [0.29, 0.717) is 0 Å². The predicted octanol–water partition coefficient (Wildman–Crippen LogP) is 15.1. The topological polar surface area (TPSA) is 26.3 Å². The smallest absolute Gasteiger partial charge is 0.143 e. The third-order valence-corrected chi connectivity index (χ3v) is 11.4. The van der Waals surface area contributed by atoms with Crippen LogP contribution in [0.15, 0.2) is 191 Å². The van der Waals surface area contributed by atoms with Gasteiger partial charge in [0.25, 0.3) is 0 Å². The molecule has 10 aromatic carbocycles. The van der Waals surface area contributed by atoms with Gasteiger partial charge in [0.2, 0.25) is 0 Å². The van der Waals surface area contributed by atoms with Gasteiger partial charge in [-0.2, -0.15) is 0 Å². The second kappa shape index (κ2) is 11.2. The summed E-state index contributed by atoms with van der Waals surface area (Å²) in [7, 11) is 0. The average molecular weight is 687 g/mol. The molecule has 2 aromatic heterocycles. The first-order chi connectivity index (χ1) is 26.8. The summed E-state index contributed by atoms with van der Waals surface area (Å²) in [6.07, 6.45) is 0. The van der Waals surface area contributed by atoms with Gasteiger partial charge in [0.05, 0.1) is 0 Å². The Morgan fingerprint density at radius 1 is 0.259 bits per heavy atom. The van der Waals surface area contributed by atoms with E-state index in [4.69, 9.17) is 8.83 Å². The molecule has 0 aliphatic rings. The molecule has 0 amide bonds.